The second-order valence-corrected chi connectivity index (χ2v) is 9.28. The van der Waals surface area contributed by atoms with Crippen molar-refractivity contribution >= 4 is 10.8 Å². The summed E-state index contributed by atoms with van der Waals surface area (Å²) in [5.41, 5.74) is 12.8. The number of aromatic nitrogens is 1. The van der Waals surface area contributed by atoms with Crippen LogP contribution in [0.4, 0.5) is 0 Å². The van der Waals surface area contributed by atoms with E-state index in [0.29, 0.717) is 0 Å². The Kier molecular flexibility index (Phi) is 3.58. The van der Waals surface area contributed by atoms with Crippen molar-refractivity contribution in [1.29, 1.82) is 0 Å². The van der Waals surface area contributed by atoms with Crippen molar-refractivity contribution in [2.75, 3.05) is 0 Å². The molecule has 0 aliphatic heterocycles. The van der Waals surface area contributed by atoms with Gasteiger partial charge in [-0.2, -0.15) is 0 Å². The highest BCUT2D eigenvalue weighted by Crippen LogP contribution is 2.57. The lowest BCUT2D eigenvalue weighted by molar-refractivity contribution is -0.660. The average Bonchev–Trinajstić information content (AvgIpc) is 2.83. The van der Waals surface area contributed by atoms with Gasteiger partial charge in [-0.05, 0) is 69.3 Å². The molecule has 1 heterocycles. The van der Waals surface area contributed by atoms with Gasteiger partial charge in [0.1, 0.15) is 7.05 Å². The van der Waals surface area contributed by atoms with Crippen LogP contribution in [0.2, 0.25) is 0 Å². The van der Waals surface area contributed by atoms with E-state index < -0.39 is 0 Å². The smallest absolute Gasteiger partial charge is 0.201 e. The van der Waals surface area contributed by atoms with Gasteiger partial charge in [0, 0.05) is 29.0 Å². The lowest BCUT2D eigenvalue weighted by Crippen LogP contribution is -2.37. The van der Waals surface area contributed by atoms with Gasteiger partial charge in [0.15, 0.2) is 6.20 Å². The summed E-state index contributed by atoms with van der Waals surface area (Å²) in [4.78, 5) is 0. The fourth-order valence-electron chi connectivity index (χ4n) is 6.21. The summed E-state index contributed by atoms with van der Waals surface area (Å²) in [7, 11) is 2.19. The summed E-state index contributed by atoms with van der Waals surface area (Å²) in [5, 5.41) is 2.66. The van der Waals surface area contributed by atoms with E-state index in [0.717, 1.165) is 0 Å². The minimum Gasteiger partial charge on any atom is -0.201 e. The summed E-state index contributed by atoms with van der Waals surface area (Å²) >= 11 is 0. The molecule has 0 N–H and O–H groups in total. The second kappa shape index (κ2) is 6.40. The Bertz CT molecular complexity index is 1560. The zero-order valence-electron chi connectivity index (χ0n) is 18.3. The number of rotatable bonds is 1. The van der Waals surface area contributed by atoms with E-state index in [9.17, 15) is 0 Å². The second-order valence-electron chi connectivity index (χ2n) is 9.28. The van der Waals surface area contributed by atoms with Crippen molar-refractivity contribution in [2.45, 2.75) is 18.8 Å². The largest absolute Gasteiger partial charge is 0.217 e. The molecule has 1 nitrogen and oxygen atoms in total. The normalized spacial score (nSPS) is 17.7. The van der Waals surface area contributed by atoms with Crippen molar-refractivity contribution in [1.82, 2.24) is 0 Å². The van der Waals surface area contributed by atoms with E-state index in [1.165, 1.54) is 61.0 Å². The van der Waals surface area contributed by atoms with Crippen LogP contribution in [0.1, 0.15) is 50.8 Å². The molecule has 2 unspecified atom stereocenters. The third kappa shape index (κ3) is 2.26. The van der Waals surface area contributed by atoms with Gasteiger partial charge in [-0.3, -0.25) is 0 Å². The van der Waals surface area contributed by atoms with Gasteiger partial charge in [-0.25, -0.2) is 4.57 Å². The first kappa shape index (κ1) is 17.9. The molecule has 0 fully saturated rings. The Labute approximate surface area is 188 Å². The van der Waals surface area contributed by atoms with Gasteiger partial charge in [0.25, 0.3) is 0 Å². The van der Waals surface area contributed by atoms with E-state index in [1.54, 1.807) is 0 Å². The molecule has 3 aliphatic carbocycles. The first-order chi connectivity index (χ1) is 15.7. The van der Waals surface area contributed by atoms with E-state index in [4.69, 9.17) is 0 Å². The molecule has 0 saturated carbocycles. The Morgan fingerprint density at radius 2 is 1.19 bits per heavy atom. The third-order valence-electron chi connectivity index (χ3n) is 7.59. The number of fused-ring (bicyclic) bond motifs is 1. The molecule has 8 rings (SSSR count). The first-order valence-electron chi connectivity index (χ1n) is 11.4. The van der Waals surface area contributed by atoms with Crippen molar-refractivity contribution in [3.8, 4) is 11.3 Å². The predicted molar refractivity (Wildman–Crippen MR) is 130 cm³/mol. The molecule has 5 aromatic rings. The van der Waals surface area contributed by atoms with E-state index >= 15 is 0 Å². The van der Waals surface area contributed by atoms with E-state index in [-0.39, 0.29) is 11.8 Å². The van der Waals surface area contributed by atoms with E-state index in [2.05, 4.69) is 116 Å². The molecule has 2 bridgehead atoms. The van der Waals surface area contributed by atoms with Gasteiger partial charge < -0.3 is 0 Å². The number of hydrogen-bond donors (Lipinski definition) is 0. The molecule has 0 spiro atoms. The first-order valence-corrected chi connectivity index (χ1v) is 11.4. The van der Waals surface area contributed by atoms with Crippen molar-refractivity contribution in [3.63, 3.8) is 0 Å². The summed E-state index contributed by atoms with van der Waals surface area (Å²) in [6, 6.07) is 34.0. The maximum Gasteiger partial charge on any atom is 0.217 e. The van der Waals surface area contributed by atoms with Crippen LogP contribution < -0.4 is 4.57 Å². The summed E-state index contributed by atoms with van der Waals surface area (Å²) < 4.78 is 2.32. The molecule has 0 amide bonds. The fraction of sp³-hybridized carbons (Fsp3) is 0.129. The highest BCUT2D eigenvalue weighted by Gasteiger charge is 2.45. The van der Waals surface area contributed by atoms with Crippen LogP contribution in [0, 0.1) is 6.92 Å². The van der Waals surface area contributed by atoms with Crippen LogP contribution in [0.3, 0.4) is 0 Å². The molecule has 32 heavy (non-hydrogen) atoms. The van der Waals surface area contributed by atoms with Gasteiger partial charge in [0.2, 0.25) is 5.69 Å². The van der Waals surface area contributed by atoms with Crippen molar-refractivity contribution < 1.29 is 4.57 Å². The molecule has 2 atom stereocenters. The Balaban J connectivity index is 1.62. The van der Waals surface area contributed by atoms with Crippen molar-refractivity contribution in [3.05, 3.63) is 136 Å². The lowest BCUT2D eigenvalue weighted by atomic mass is 9.60. The molecule has 0 saturated heterocycles. The quantitative estimate of drug-likeness (QED) is 0.268. The number of nitrogens with zero attached hydrogens (tertiary/aromatic N) is 1. The Morgan fingerprint density at radius 1 is 0.594 bits per heavy atom. The van der Waals surface area contributed by atoms with Crippen LogP contribution in [0.5, 0.6) is 0 Å². The highest BCUT2D eigenvalue weighted by atomic mass is 14.9. The zero-order chi connectivity index (χ0) is 21.4. The Hall–Kier alpha value is -3.71. The molecule has 3 aliphatic rings. The predicted octanol–water partition coefficient (Wildman–Crippen LogP) is 6.63. The monoisotopic (exact) mass is 410 g/mol. The molecular weight excluding hydrogens is 386 g/mol. The van der Waals surface area contributed by atoms with Crippen molar-refractivity contribution in [2.24, 2.45) is 7.05 Å². The highest BCUT2D eigenvalue weighted by molar-refractivity contribution is 5.87. The summed E-state index contributed by atoms with van der Waals surface area (Å²) in [6.45, 7) is 2.23. The van der Waals surface area contributed by atoms with Crippen LogP contribution in [0.25, 0.3) is 22.0 Å². The van der Waals surface area contributed by atoms with Gasteiger partial charge in [-0.15, -0.1) is 0 Å². The minimum absolute atomic E-state index is 0.257. The van der Waals surface area contributed by atoms with Crippen LogP contribution in [-0.4, -0.2) is 0 Å². The van der Waals surface area contributed by atoms with Crippen LogP contribution >= 0.6 is 0 Å². The SMILES string of the molecule is Cc1ccccc1-c1c2c(cc[n+]1C)C1c3ccccc3C2c2cc3ccccc3cc21. The zero-order valence-corrected chi connectivity index (χ0v) is 18.3. The third-order valence-corrected chi connectivity index (χ3v) is 7.59. The molecule has 0 radical (unpaired) electrons. The molecule has 152 valence electrons. The maximum absolute atomic E-state index is 2.45. The molecule has 1 heteroatoms. The van der Waals surface area contributed by atoms with Gasteiger partial charge in [-0.1, -0.05) is 66.7 Å². The average molecular weight is 411 g/mol. The van der Waals surface area contributed by atoms with E-state index in [1.807, 2.05) is 0 Å². The summed E-state index contributed by atoms with van der Waals surface area (Å²) in [6.07, 6.45) is 2.25. The minimum atomic E-state index is 0.257. The Morgan fingerprint density at radius 3 is 1.91 bits per heavy atom. The fourth-order valence-corrected chi connectivity index (χ4v) is 6.21. The number of hydrogen-bond acceptors (Lipinski definition) is 0. The molecular formula is C31H24N+. The maximum atomic E-state index is 2.45. The number of pyridine rings is 1. The topological polar surface area (TPSA) is 3.88 Å². The van der Waals surface area contributed by atoms with Crippen LogP contribution in [-0.2, 0) is 7.05 Å². The number of benzene rings is 4. The van der Waals surface area contributed by atoms with Crippen LogP contribution in [0.15, 0.2) is 97.2 Å². The van der Waals surface area contributed by atoms with Gasteiger partial charge in [0.05, 0.1) is 0 Å². The summed E-state index contributed by atoms with van der Waals surface area (Å²) in [5.74, 6) is 0.544. The molecule has 1 aromatic heterocycles. The molecule has 4 aromatic carbocycles. The van der Waals surface area contributed by atoms with Gasteiger partial charge >= 0.3 is 0 Å². The lowest BCUT2D eigenvalue weighted by Gasteiger charge is -2.42. The number of aryl methyl sites for hydroxylation is 2. The standard InChI is InChI=1S/C31H24N/c1-19-9-3-6-12-22(19)31-30-25(15-16-32(31)2)28-23-13-7-8-14-24(23)29(30)27-18-21-11-5-4-10-20(21)17-26(27)28/h3-18,28-29H,1-2H3/q+1.